The third-order valence-corrected chi connectivity index (χ3v) is 3.83. The van der Waals surface area contributed by atoms with Crippen LogP contribution in [0.15, 0.2) is 48.5 Å². The van der Waals surface area contributed by atoms with E-state index in [2.05, 4.69) is 5.32 Å². The predicted molar refractivity (Wildman–Crippen MR) is 96.2 cm³/mol. The topological polar surface area (TPSA) is 47.6 Å². The van der Waals surface area contributed by atoms with Crippen molar-refractivity contribution < 1.29 is 18.7 Å². The van der Waals surface area contributed by atoms with Gasteiger partial charge >= 0.3 is 0 Å². The van der Waals surface area contributed by atoms with Gasteiger partial charge in [-0.2, -0.15) is 0 Å². The minimum atomic E-state index is -0.305. The van der Waals surface area contributed by atoms with Gasteiger partial charge in [-0.1, -0.05) is 25.1 Å². The van der Waals surface area contributed by atoms with Gasteiger partial charge in [-0.15, -0.1) is 0 Å². The monoisotopic (exact) mass is 343 g/mol. The van der Waals surface area contributed by atoms with Gasteiger partial charge in [-0.25, -0.2) is 4.39 Å². The molecule has 0 radical (unpaired) electrons. The number of nitrogens with one attached hydrogen (secondary N) is 1. The Morgan fingerprint density at radius 3 is 2.40 bits per heavy atom. The summed E-state index contributed by atoms with van der Waals surface area (Å²) in [6, 6.07) is 11.4. The van der Waals surface area contributed by atoms with Crippen LogP contribution in [0.4, 0.5) is 4.39 Å². The number of benzene rings is 2. The van der Waals surface area contributed by atoms with E-state index in [1.54, 1.807) is 32.4 Å². The maximum absolute atomic E-state index is 12.9. The van der Waals surface area contributed by atoms with E-state index in [0.29, 0.717) is 11.5 Å². The molecule has 0 heterocycles. The second-order valence-electron chi connectivity index (χ2n) is 5.47. The summed E-state index contributed by atoms with van der Waals surface area (Å²) in [4.78, 5) is 12.2. The SMILES string of the molecule is CC[C@@H](NC(=O)/C=C/c1ccc(F)cc1)c1ccc(OC)c(OC)c1. The lowest BCUT2D eigenvalue weighted by molar-refractivity contribution is -0.117. The minimum absolute atomic E-state index is 0.148. The molecule has 5 heteroatoms. The molecule has 0 aromatic heterocycles. The van der Waals surface area contributed by atoms with Crippen molar-refractivity contribution in [2.24, 2.45) is 0 Å². The lowest BCUT2D eigenvalue weighted by Gasteiger charge is -2.18. The van der Waals surface area contributed by atoms with Crippen LogP contribution in [0.3, 0.4) is 0 Å². The minimum Gasteiger partial charge on any atom is -0.493 e. The van der Waals surface area contributed by atoms with Crippen LogP contribution in [0.5, 0.6) is 11.5 Å². The van der Waals surface area contributed by atoms with Gasteiger partial charge in [0.25, 0.3) is 0 Å². The van der Waals surface area contributed by atoms with E-state index in [1.165, 1.54) is 18.2 Å². The summed E-state index contributed by atoms with van der Waals surface area (Å²) in [7, 11) is 3.16. The molecule has 0 aliphatic rings. The zero-order valence-electron chi connectivity index (χ0n) is 14.6. The summed E-state index contributed by atoms with van der Waals surface area (Å²) >= 11 is 0. The number of carbonyl (C=O) groups excluding carboxylic acids is 1. The third-order valence-electron chi connectivity index (χ3n) is 3.83. The second-order valence-corrected chi connectivity index (χ2v) is 5.47. The molecular weight excluding hydrogens is 321 g/mol. The fourth-order valence-corrected chi connectivity index (χ4v) is 2.46. The molecule has 1 atom stereocenters. The van der Waals surface area contributed by atoms with Crippen molar-refractivity contribution in [3.8, 4) is 11.5 Å². The van der Waals surface area contributed by atoms with Gasteiger partial charge in [0, 0.05) is 6.08 Å². The zero-order chi connectivity index (χ0) is 18.2. The van der Waals surface area contributed by atoms with Crippen LogP contribution in [0, 0.1) is 5.82 Å². The Balaban J connectivity index is 2.08. The molecule has 0 unspecified atom stereocenters. The van der Waals surface area contributed by atoms with Crippen LogP contribution in [-0.2, 0) is 4.79 Å². The maximum atomic E-state index is 12.9. The van der Waals surface area contributed by atoms with Crippen molar-refractivity contribution in [3.63, 3.8) is 0 Å². The first-order chi connectivity index (χ1) is 12.1. The van der Waals surface area contributed by atoms with Crippen molar-refractivity contribution in [3.05, 3.63) is 65.5 Å². The molecule has 132 valence electrons. The number of ether oxygens (including phenoxy) is 2. The normalized spacial score (nSPS) is 12.0. The van der Waals surface area contributed by atoms with Gasteiger partial charge in [-0.3, -0.25) is 4.79 Å². The largest absolute Gasteiger partial charge is 0.493 e. The summed E-state index contributed by atoms with van der Waals surface area (Å²) in [6.45, 7) is 1.99. The molecule has 2 rings (SSSR count). The first-order valence-electron chi connectivity index (χ1n) is 8.03. The molecule has 25 heavy (non-hydrogen) atoms. The van der Waals surface area contributed by atoms with Gasteiger partial charge in [-0.05, 0) is 47.9 Å². The Labute approximate surface area is 147 Å². The van der Waals surface area contributed by atoms with Crippen LogP contribution in [0.25, 0.3) is 6.08 Å². The van der Waals surface area contributed by atoms with E-state index < -0.39 is 0 Å². The molecule has 0 aliphatic carbocycles. The Hall–Kier alpha value is -2.82. The van der Waals surface area contributed by atoms with Crippen LogP contribution in [0.2, 0.25) is 0 Å². The van der Waals surface area contributed by atoms with Gasteiger partial charge in [0.15, 0.2) is 11.5 Å². The van der Waals surface area contributed by atoms with E-state index in [0.717, 1.165) is 17.5 Å². The molecule has 0 aliphatic heterocycles. The van der Waals surface area contributed by atoms with E-state index in [9.17, 15) is 9.18 Å². The lowest BCUT2D eigenvalue weighted by Crippen LogP contribution is -2.26. The Bertz CT molecular complexity index is 741. The molecule has 2 aromatic rings. The molecule has 0 fully saturated rings. The highest BCUT2D eigenvalue weighted by Gasteiger charge is 2.14. The standard InChI is InChI=1S/C20H22FNO3/c1-4-17(15-8-11-18(24-2)19(13-15)25-3)22-20(23)12-7-14-5-9-16(21)10-6-14/h5-13,17H,4H2,1-3H3,(H,22,23)/b12-7+/t17-/m1/s1. The van der Waals surface area contributed by atoms with Gasteiger partial charge in [0.05, 0.1) is 20.3 Å². The van der Waals surface area contributed by atoms with Crippen molar-refractivity contribution in [2.45, 2.75) is 19.4 Å². The Morgan fingerprint density at radius 1 is 1.12 bits per heavy atom. The summed E-state index contributed by atoms with van der Waals surface area (Å²) < 4.78 is 23.4. The van der Waals surface area contributed by atoms with Gasteiger partial charge in [0.2, 0.25) is 5.91 Å². The van der Waals surface area contributed by atoms with E-state index in [1.807, 2.05) is 25.1 Å². The number of amides is 1. The van der Waals surface area contributed by atoms with Crippen LogP contribution < -0.4 is 14.8 Å². The highest BCUT2D eigenvalue weighted by Crippen LogP contribution is 2.30. The number of halogens is 1. The number of hydrogen-bond acceptors (Lipinski definition) is 3. The summed E-state index contributed by atoms with van der Waals surface area (Å²) in [5.74, 6) is 0.741. The number of carbonyl (C=O) groups is 1. The fraction of sp³-hybridized carbons (Fsp3) is 0.250. The van der Waals surface area contributed by atoms with Crippen molar-refractivity contribution >= 4 is 12.0 Å². The first kappa shape index (κ1) is 18.5. The van der Waals surface area contributed by atoms with Gasteiger partial charge < -0.3 is 14.8 Å². The van der Waals surface area contributed by atoms with Crippen LogP contribution in [-0.4, -0.2) is 20.1 Å². The highest BCUT2D eigenvalue weighted by molar-refractivity contribution is 5.92. The smallest absolute Gasteiger partial charge is 0.244 e. The number of methoxy groups -OCH3 is 2. The van der Waals surface area contributed by atoms with E-state index in [-0.39, 0.29) is 17.8 Å². The lowest BCUT2D eigenvalue weighted by atomic mass is 10.0. The molecular formula is C20H22FNO3. The average Bonchev–Trinajstić information content (AvgIpc) is 2.65. The molecule has 0 saturated carbocycles. The molecule has 0 spiro atoms. The van der Waals surface area contributed by atoms with Crippen LogP contribution >= 0.6 is 0 Å². The summed E-state index contributed by atoms with van der Waals surface area (Å²) in [6.07, 6.45) is 3.82. The van der Waals surface area contributed by atoms with Crippen molar-refractivity contribution in [2.75, 3.05) is 14.2 Å². The molecule has 0 saturated heterocycles. The summed E-state index contributed by atoms with van der Waals surface area (Å²) in [5.41, 5.74) is 1.69. The average molecular weight is 343 g/mol. The fourth-order valence-electron chi connectivity index (χ4n) is 2.46. The molecule has 4 nitrogen and oxygen atoms in total. The maximum Gasteiger partial charge on any atom is 0.244 e. The number of rotatable bonds is 7. The van der Waals surface area contributed by atoms with E-state index in [4.69, 9.17) is 9.47 Å². The quantitative estimate of drug-likeness (QED) is 0.769. The van der Waals surface area contributed by atoms with Crippen molar-refractivity contribution in [1.29, 1.82) is 0 Å². The summed E-state index contributed by atoms with van der Waals surface area (Å²) in [5, 5.41) is 2.96. The van der Waals surface area contributed by atoms with Gasteiger partial charge in [0.1, 0.15) is 5.82 Å². The Kier molecular flexibility index (Phi) is 6.57. The predicted octanol–water partition coefficient (Wildman–Crippen LogP) is 4.12. The van der Waals surface area contributed by atoms with Crippen LogP contribution in [0.1, 0.15) is 30.5 Å². The molecule has 1 N–H and O–H groups in total. The third kappa shape index (κ3) is 5.08. The zero-order valence-corrected chi connectivity index (χ0v) is 14.6. The van der Waals surface area contributed by atoms with Crippen molar-refractivity contribution in [1.82, 2.24) is 5.32 Å². The highest BCUT2D eigenvalue weighted by atomic mass is 19.1. The second kappa shape index (κ2) is 8.87. The number of hydrogen-bond donors (Lipinski definition) is 1. The Morgan fingerprint density at radius 2 is 1.80 bits per heavy atom. The molecule has 2 aromatic carbocycles. The molecule has 0 bridgehead atoms. The molecule has 1 amide bonds. The van der Waals surface area contributed by atoms with E-state index >= 15 is 0 Å². The first-order valence-corrected chi connectivity index (χ1v) is 8.03.